The van der Waals surface area contributed by atoms with Crippen molar-refractivity contribution in [1.29, 1.82) is 5.26 Å². The Morgan fingerprint density at radius 3 is 1.36 bits per heavy atom. The van der Waals surface area contributed by atoms with Gasteiger partial charge in [0.1, 0.15) is 35.4 Å². The number of benzene rings is 4. The number of carbonyl (C=O) groups is 2. The van der Waals surface area contributed by atoms with E-state index in [1.165, 1.54) is 24.3 Å². The molecule has 0 radical (unpaired) electrons. The molecule has 0 N–H and O–H groups in total. The van der Waals surface area contributed by atoms with E-state index in [4.69, 9.17) is 0 Å². The van der Waals surface area contributed by atoms with Gasteiger partial charge in [0.05, 0.1) is 33.5 Å². The predicted octanol–water partition coefficient (Wildman–Crippen LogP) is 11.1. The molecule has 0 spiro atoms. The van der Waals surface area contributed by atoms with Crippen molar-refractivity contribution in [3.05, 3.63) is 166 Å². The highest BCUT2D eigenvalue weighted by molar-refractivity contribution is 9.10. The topological polar surface area (TPSA) is 158 Å². The number of pyridine rings is 2. The number of hydrogen-bond acceptors (Lipinski definition) is 9. The summed E-state index contributed by atoms with van der Waals surface area (Å²) in [6.07, 6.45) is -10.7. The Hall–Kier alpha value is -6.39. The molecule has 2 fully saturated rings. The first-order valence-corrected chi connectivity index (χ1v) is 26.2. The van der Waals surface area contributed by atoms with Gasteiger partial charge in [0.15, 0.2) is 11.6 Å². The Morgan fingerprint density at radius 1 is 0.587 bits per heavy atom. The first-order chi connectivity index (χ1) is 35.2. The highest BCUT2D eigenvalue weighted by atomic mass is 79.9. The number of sulfonamides is 2. The van der Waals surface area contributed by atoms with Crippen LogP contribution in [0.2, 0.25) is 0 Å². The molecule has 0 aliphatic carbocycles. The van der Waals surface area contributed by atoms with Crippen molar-refractivity contribution >= 4 is 47.5 Å². The molecule has 6 aromatic rings. The minimum Gasteiger partial charge on any atom is -0.298 e. The second kappa shape index (κ2) is 22.8. The van der Waals surface area contributed by atoms with Crippen LogP contribution in [0, 0.1) is 23.0 Å². The minimum absolute atomic E-state index is 0.0767. The summed E-state index contributed by atoms with van der Waals surface area (Å²) >= 11 is 3.36. The molecule has 11 nitrogen and oxygen atoms in total. The monoisotopic (exact) mass is 1150 g/mol. The summed E-state index contributed by atoms with van der Waals surface area (Å²) in [5, 5.41) is 9.39. The van der Waals surface area contributed by atoms with Gasteiger partial charge in [-0.2, -0.15) is 40.2 Å². The van der Waals surface area contributed by atoms with Crippen molar-refractivity contribution in [3.63, 3.8) is 0 Å². The SMILES string of the molecule is N#Cc1cc(CCC(=O)[C@@H]2C[C@@H](F)CN2S(=O)(=O)c2ccc(F)cc2)cc(-c2ccc(C(F)(F)F)nc2)c1.O=C(CCc1cc(Br)cc(-c2ccc(C(F)(F)F)nc2)c1)[C@@H]1C[C@@H](F)CN1S(=O)(=O)c1ccc(F)cc1. The fourth-order valence-corrected chi connectivity index (χ4v) is 12.3. The molecule has 24 heteroatoms. The number of nitriles is 1. The van der Waals surface area contributed by atoms with Gasteiger partial charge < -0.3 is 0 Å². The lowest BCUT2D eigenvalue weighted by atomic mass is 9.96. The summed E-state index contributed by atoms with van der Waals surface area (Å²) in [6, 6.07) is 21.5. The molecule has 0 bridgehead atoms. The first kappa shape index (κ1) is 56.3. The number of halogens is 11. The smallest absolute Gasteiger partial charge is 0.298 e. The number of ketones is 2. The standard InChI is InChI=1S/C26H20F5N3O3S.C25H20BrF5N2O3S/c27-20-3-5-22(6-4-20)38(36,37)34-15-21(28)12-23(34)24(35)7-1-16-9-17(13-32)11-19(10-16)18-2-8-25(33-14-18)26(29,30)31;26-18-10-15(9-17(11-18)16-2-8-24(32-13-16)25(29,30)31)1-7-23(34)22-12-20(28)14-33(22)37(35,36)21-5-3-19(27)4-6-21/h2-6,8-11,14,21,23H,1,7,12,15H2;2-6,8-11,13,20,22H,1,7,12,14H2/t21-,23+;20-,22+/m11/s1. The molecule has 8 rings (SSSR count). The number of nitrogens with zero attached hydrogens (tertiary/aromatic N) is 5. The van der Waals surface area contributed by atoms with Crippen LogP contribution in [0.4, 0.5) is 43.9 Å². The molecular formula is C51H40BrF10N5O6S2. The predicted molar refractivity (Wildman–Crippen MR) is 256 cm³/mol. The zero-order chi connectivity index (χ0) is 54.6. The van der Waals surface area contributed by atoms with E-state index in [1.807, 2.05) is 6.07 Å². The molecule has 2 aliphatic heterocycles. The third-order valence-electron chi connectivity index (χ3n) is 12.2. The number of Topliss-reactive ketones (excluding diaryl/α,β-unsaturated/α-hetero) is 2. The zero-order valence-electron chi connectivity index (χ0n) is 38.7. The van der Waals surface area contributed by atoms with Crippen molar-refractivity contribution in [2.75, 3.05) is 13.1 Å². The maximum absolute atomic E-state index is 14.3. The molecule has 0 unspecified atom stereocenters. The molecule has 0 amide bonds. The number of carbonyl (C=O) groups excluding carboxylic acids is 2. The Bertz CT molecular complexity index is 3330. The normalized spacial score (nSPS) is 18.5. The second-order valence-electron chi connectivity index (χ2n) is 17.4. The minimum atomic E-state index is -4.60. The van der Waals surface area contributed by atoms with E-state index >= 15 is 0 Å². The molecular weight excluding hydrogens is 1110 g/mol. The largest absolute Gasteiger partial charge is 0.433 e. The van der Waals surface area contributed by atoms with Crippen LogP contribution in [-0.2, 0) is 54.8 Å². The average molecular weight is 1150 g/mol. The summed E-state index contributed by atoms with van der Waals surface area (Å²) in [5.74, 6) is -2.27. The third-order valence-corrected chi connectivity index (χ3v) is 16.4. The van der Waals surface area contributed by atoms with Gasteiger partial charge in [-0.05, 0) is 120 Å². The van der Waals surface area contributed by atoms with Gasteiger partial charge in [0.2, 0.25) is 20.0 Å². The van der Waals surface area contributed by atoms with E-state index < -0.39 is 105 Å². The highest BCUT2D eigenvalue weighted by Gasteiger charge is 2.45. The number of rotatable bonds is 14. The van der Waals surface area contributed by atoms with Gasteiger partial charge in [-0.1, -0.05) is 40.2 Å². The van der Waals surface area contributed by atoms with Gasteiger partial charge in [-0.3, -0.25) is 19.6 Å². The van der Waals surface area contributed by atoms with Crippen LogP contribution in [0.15, 0.2) is 136 Å². The van der Waals surface area contributed by atoms with E-state index in [0.717, 1.165) is 81.7 Å². The first-order valence-electron chi connectivity index (χ1n) is 22.5. The molecule has 2 aromatic heterocycles. The molecule has 0 saturated carbocycles. The Morgan fingerprint density at radius 2 is 0.987 bits per heavy atom. The van der Waals surface area contributed by atoms with Crippen LogP contribution >= 0.6 is 15.9 Å². The van der Waals surface area contributed by atoms with Crippen molar-refractivity contribution in [3.8, 4) is 28.3 Å². The van der Waals surface area contributed by atoms with Gasteiger partial charge in [-0.25, -0.2) is 34.4 Å². The molecule has 2 aliphatic rings. The van der Waals surface area contributed by atoms with Crippen LogP contribution in [-0.4, -0.2) is 84.5 Å². The lowest BCUT2D eigenvalue weighted by Crippen LogP contribution is -2.40. The quantitative estimate of drug-likeness (QED) is 0.0968. The van der Waals surface area contributed by atoms with E-state index in [-0.39, 0.29) is 53.9 Å². The van der Waals surface area contributed by atoms with Crippen molar-refractivity contribution in [1.82, 2.24) is 18.6 Å². The third kappa shape index (κ3) is 13.7. The van der Waals surface area contributed by atoms with Crippen molar-refractivity contribution < 1.29 is 70.3 Å². The molecule has 4 aromatic carbocycles. The van der Waals surface area contributed by atoms with Crippen LogP contribution in [0.3, 0.4) is 0 Å². The molecule has 394 valence electrons. The summed E-state index contributed by atoms with van der Waals surface area (Å²) in [7, 11) is -8.48. The fourth-order valence-electron chi connectivity index (χ4n) is 8.47. The number of aromatic nitrogens is 2. The average Bonchev–Trinajstić information content (AvgIpc) is 3.98. The Balaban J connectivity index is 0.000000219. The number of hydrogen-bond donors (Lipinski definition) is 0. The number of alkyl halides is 8. The van der Waals surface area contributed by atoms with E-state index in [1.54, 1.807) is 24.3 Å². The maximum Gasteiger partial charge on any atom is 0.433 e. The van der Waals surface area contributed by atoms with Gasteiger partial charge in [0, 0.05) is 66.8 Å². The van der Waals surface area contributed by atoms with Crippen molar-refractivity contribution in [2.24, 2.45) is 0 Å². The maximum atomic E-state index is 14.3. The summed E-state index contributed by atoms with van der Waals surface area (Å²) < 4.78 is 186. The molecule has 2 saturated heterocycles. The van der Waals surface area contributed by atoms with Crippen LogP contribution in [0.25, 0.3) is 22.3 Å². The van der Waals surface area contributed by atoms with E-state index in [2.05, 4.69) is 25.9 Å². The Kier molecular flexibility index (Phi) is 17.2. The highest BCUT2D eigenvalue weighted by Crippen LogP contribution is 2.35. The van der Waals surface area contributed by atoms with Crippen molar-refractivity contribution in [2.45, 2.75) is 85.1 Å². The molecule has 75 heavy (non-hydrogen) atoms. The van der Waals surface area contributed by atoms with Gasteiger partial charge in [-0.15, -0.1) is 0 Å². The number of aryl methyl sites for hydroxylation is 2. The van der Waals surface area contributed by atoms with E-state index in [9.17, 15) is 75.6 Å². The van der Waals surface area contributed by atoms with Crippen LogP contribution in [0.1, 0.15) is 53.8 Å². The van der Waals surface area contributed by atoms with Gasteiger partial charge in [0.25, 0.3) is 0 Å². The van der Waals surface area contributed by atoms with Crippen LogP contribution < -0.4 is 0 Å². The second-order valence-corrected chi connectivity index (χ2v) is 22.1. The summed E-state index contributed by atoms with van der Waals surface area (Å²) in [4.78, 5) is 32.4. The zero-order valence-corrected chi connectivity index (χ0v) is 41.9. The Labute approximate surface area is 432 Å². The summed E-state index contributed by atoms with van der Waals surface area (Å²) in [5.41, 5.74) is 1.06. The summed E-state index contributed by atoms with van der Waals surface area (Å²) in [6.45, 7) is -0.983. The van der Waals surface area contributed by atoms with Gasteiger partial charge >= 0.3 is 12.4 Å². The fraction of sp³-hybridized carbons (Fsp3) is 0.275. The molecule has 4 atom stereocenters. The van der Waals surface area contributed by atoms with E-state index in [0.29, 0.717) is 37.9 Å². The van der Waals surface area contributed by atoms with Crippen LogP contribution in [0.5, 0.6) is 0 Å². The lowest BCUT2D eigenvalue weighted by Gasteiger charge is -2.23. The lowest BCUT2D eigenvalue weighted by molar-refractivity contribution is -0.141. The molecule has 4 heterocycles.